The van der Waals surface area contributed by atoms with Crippen molar-refractivity contribution in [3.05, 3.63) is 58.6 Å². The monoisotopic (exact) mass is 375 g/mol. The summed E-state index contributed by atoms with van der Waals surface area (Å²) in [6.07, 6.45) is 0. The Hall–Kier alpha value is -2.57. The van der Waals surface area contributed by atoms with Gasteiger partial charge in [-0.1, -0.05) is 23.7 Å². The van der Waals surface area contributed by atoms with Crippen LogP contribution in [0.1, 0.15) is 15.9 Å². The van der Waals surface area contributed by atoms with Crippen molar-refractivity contribution in [2.75, 3.05) is 37.4 Å². The number of ether oxygens (including phenoxy) is 1. The summed E-state index contributed by atoms with van der Waals surface area (Å²) in [5.41, 5.74) is 2.76. The van der Waals surface area contributed by atoms with E-state index in [1.165, 1.54) is 0 Å². The van der Waals surface area contributed by atoms with E-state index in [2.05, 4.69) is 16.0 Å². The number of methoxy groups -OCH3 is 1. The van der Waals surface area contributed by atoms with E-state index in [9.17, 15) is 9.59 Å². The smallest absolute Gasteiger partial charge is 0.251 e. The van der Waals surface area contributed by atoms with Crippen molar-refractivity contribution in [3.63, 3.8) is 0 Å². The highest BCUT2D eigenvalue weighted by molar-refractivity contribution is 6.31. The molecule has 0 spiro atoms. The van der Waals surface area contributed by atoms with Crippen molar-refractivity contribution in [1.82, 2.24) is 5.32 Å². The fourth-order valence-electron chi connectivity index (χ4n) is 2.20. The molecule has 0 bridgehead atoms. The minimum Gasteiger partial charge on any atom is -0.383 e. The van der Waals surface area contributed by atoms with Gasteiger partial charge in [-0.3, -0.25) is 9.59 Å². The van der Waals surface area contributed by atoms with Gasteiger partial charge in [0, 0.05) is 35.6 Å². The number of amides is 2. The van der Waals surface area contributed by atoms with Crippen LogP contribution in [0.25, 0.3) is 0 Å². The fourth-order valence-corrected chi connectivity index (χ4v) is 2.38. The summed E-state index contributed by atoms with van der Waals surface area (Å²) < 4.78 is 4.89. The van der Waals surface area contributed by atoms with Crippen molar-refractivity contribution >= 4 is 34.8 Å². The normalized spacial score (nSPS) is 10.3. The van der Waals surface area contributed by atoms with E-state index in [4.69, 9.17) is 16.3 Å². The zero-order valence-corrected chi connectivity index (χ0v) is 15.5. The molecule has 2 aromatic rings. The molecule has 2 aromatic carbocycles. The number of carbonyl (C=O) groups is 2. The number of benzene rings is 2. The summed E-state index contributed by atoms with van der Waals surface area (Å²) in [5.74, 6) is -0.441. The van der Waals surface area contributed by atoms with Gasteiger partial charge in [-0.05, 0) is 42.8 Å². The molecule has 0 heterocycles. The van der Waals surface area contributed by atoms with E-state index in [1.807, 2.05) is 19.1 Å². The summed E-state index contributed by atoms with van der Waals surface area (Å²) in [7, 11) is 1.57. The third kappa shape index (κ3) is 6.06. The number of rotatable bonds is 8. The van der Waals surface area contributed by atoms with Crippen molar-refractivity contribution < 1.29 is 14.3 Å². The van der Waals surface area contributed by atoms with Gasteiger partial charge >= 0.3 is 0 Å². The molecule has 138 valence electrons. The molecule has 0 aliphatic carbocycles. The number of carbonyl (C=O) groups excluding carboxylic acids is 2. The molecule has 6 nitrogen and oxygen atoms in total. The van der Waals surface area contributed by atoms with Gasteiger partial charge in [0.2, 0.25) is 5.91 Å². The zero-order chi connectivity index (χ0) is 18.9. The molecule has 0 saturated carbocycles. The maximum absolute atomic E-state index is 12.1. The lowest BCUT2D eigenvalue weighted by atomic mass is 10.2. The number of hydrogen-bond acceptors (Lipinski definition) is 4. The fraction of sp³-hybridized carbons (Fsp3) is 0.263. The first kappa shape index (κ1) is 19.8. The Balaban J connectivity index is 1.89. The molecular weight excluding hydrogens is 354 g/mol. The average molecular weight is 376 g/mol. The highest BCUT2D eigenvalue weighted by atomic mass is 35.5. The van der Waals surface area contributed by atoms with Crippen LogP contribution in [-0.4, -0.2) is 38.6 Å². The second-order valence-electron chi connectivity index (χ2n) is 5.70. The van der Waals surface area contributed by atoms with Gasteiger partial charge in [-0.15, -0.1) is 0 Å². The number of halogens is 1. The highest BCUT2D eigenvalue weighted by Crippen LogP contribution is 2.19. The van der Waals surface area contributed by atoms with Crippen LogP contribution in [-0.2, 0) is 9.53 Å². The van der Waals surface area contributed by atoms with Crippen LogP contribution in [0.15, 0.2) is 42.5 Å². The van der Waals surface area contributed by atoms with Crippen LogP contribution in [0, 0.1) is 6.92 Å². The van der Waals surface area contributed by atoms with Crippen molar-refractivity contribution in [2.24, 2.45) is 0 Å². The quantitative estimate of drug-likeness (QED) is 0.619. The minimum absolute atomic E-state index is 0.0870. The van der Waals surface area contributed by atoms with Crippen LogP contribution in [0.2, 0.25) is 5.02 Å². The lowest BCUT2D eigenvalue weighted by Gasteiger charge is -2.10. The maximum Gasteiger partial charge on any atom is 0.251 e. The van der Waals surface area contributed by atoms with E-state index < -0.39 is 0 Å². The lowest BCUT2D eigenvalue weighted by molar-refractivity contribution is -0.114. The Morgan fingerprint density at radius 2 is 1.92 bits per heavy atom. The molecule has 26 heavy (non-hydrogen) atoms. The molecule has 0 aliphatic rings. The number of anilines is 2. The van der Waals surface area contributed by atoms with Crippen LogP contribution in [0.4, 0.5) is 11.4 Å². The Morgan fingerprint density at radius 1 is 1.12 bits per heavy atom. The van der Waals surface area contributed by atoms with E-state index in [1.54, 1.807) is 37.4 Å². The molecule has 0 aromatic heterocycles. The minimum atomic E-state index is -0.223. The Kier molecular flexibility index (Phi) is 7.44. The van der Waals surface area contributed by atoms with Crippen molar-refractivity contribution in [3.8, 4) is 0 Å². The van der Waals surface area contributed by atoms with E-state index in [0.29, 0.717) is 29.4 Å². The summed E-state index contributed by atoms with van der Waals surface area (Å²) in [6.45, 7) is 2.87. The van der Waals surface area contributed by atoms with Gasteiger partial charge in [0.05, 0.1) is 13.2 Å². The number of hydrogen-bond donors (Lipinski definition) is 3. The lowest BCUT2D eigenvalue weighted by Crippen LogP contribution is -2.27. The van der Waals surface area contributed by atoms with Gasteiger partial charge in [-0.25, -0.2) is 0 Å². The Morgan fingerprint density at radius 3 is 2.65 bits per heavy atom. The molecule has 3 N–H and O–H groups in total. The first-order chi connectivity index (χ1) is 12.5. The van der Waals surface area contributed by atoms with Crippen molar-refractivity contribution in [1.29, 1.82) is 0 Å². The van der Waals surface area contributed by atoms with Gasteiger partial charge in [0.15, 0.2) is 0 Å². The molecule has 0 saturated heterocycles. The second kappa shape index (κ2) is 9.79. The van der Waals surface area contributed by atoms with E-state index in [0.717, 1.165) is 11.3 Å². The van der Waals surface area contributed by atoms with Crippen LogP contribution >= 0.6 is 11.6 Å². The second-order valence-corrected chi connectivity index (χ2v) is 6.10. The summed E-state index contributed by atoms with van der Waals surface area (Å²) in [5, 5.41) is 9.15. The third-order valence-electron chi connectivity index (χ3n) is 3.63. The topological polar surface area (TPSA) is 79.5 Å². The predicted octanol–water partition coefficient (Wildman–Crippen LogP) is 3.08. The Labute approximate surface area is 157 Å². The highest BCUT2D eigenvalue weighted by Gasteiger charge is 2.08. The van der Waals surface area contributed by atoms with E-state index in [-0.39, 0.29) is 18.4 Å². The zero-order valence-electron chi connectivity index (χ0n) is 14.8. The molecule has 0 fully saturated rings. The van der Waals surface area contributed by atoms with Crippen LogP contribution in [0.3, 0.4) is 0 Å². The predicted molar refractivity (Wildman–Crippen MR) is 104 cm³/mol. The SMILES string of the molecule is COCCNC(=O)c1cccc(NC(=O)CNc2ccc(C)c(Cl)c2)c1. The number of aryl methyl sites for hydroxylation is 1. The van der Waals surface area contributed by atoms with Gasteiger partial charge in [0.25, 0.3) is 5.91 Å². The third-order valence-corrected chi connectivity index (χ3v) is 4.03. The first-order valence-electron chi connectivity index (χ1n) is 8.16. The van der Waals surface area contributed by atoms with Gasteiger partial charge < -0.3 is 20.7 Å². The van der Waals surface area contributed by atoms with Gasteiger partial charge in [0.1, 0.15) is 0 Å². The largest absolute Gasteiger partial charge is 0.383 e. The maximum atomic E-state index is 12.1. The van der Waals surface area contributed by atoms with Crippen LogP contribution in [0.5, 0.6) is 0 Å². The Bertz CT molecular complexity index is 780. The molecule has 0 radical (unpaired) electrons. The molecular formula is C19H22ClN3O3. The molecule has 2 amide bonds. The van der Waals surface area contributed by atoms with Gasteiger partial charge in [-0.2, -0.15) is 0 Å². The van der Waals surface area contributed by atoms with Crippen molar-refractivity contribution in [2.45, 2.75) is 6.92 Å². The number of nitrogens with one attached hydrogen (secondary N) is 3. The van der Waals surface area contributed by atoms with Crippen LogP contribution < -0.4 is 16.0 Å². The summed E-state index contributed by atoms with van der Waals surface area (Å²) in [4.78, 5) is 24.1. The first-order valence-corrected chi connectivity index (χ1v) is 8.54. The standard InChI is InChI=1S/C19H22ClN3O3/c1-13-6-7-15(11-17(13)20)22-12-18(24)23-16-5-3-4-14(10-16)19(25)21-8-9-26-2/h3-7,10-11,22H,8-9,12H2,1-2H3,(H,21,25)(H,23,24). The van der Waals surface area contributed by atoms with E-state index >= 15 is 0 Å². The summed E-state index contributed by atoms with van der Waals surface area (Å²) >= 11 is 6.07. The average Bonchev–Trinajstić information content (AvgIpc) is 2.63. The summed E-state index contributed by atoms with van der Waals surface area (Å²) in [6, 6.07) is 12.3. The molecule has 2 rings (SSSR count). The molecule has 0 atom stereocenters. The molecule has 0 unspecified atom stereocenters. The molecule has 0 aliphatic heterocycles. The molecule has 7 heteroatoms.